The summed E-state index contributed by atoms with van der Waals surface area (Å²) in [6.07, 6.45) is 0. The van der Waals surface area contributed by atoms with Crippen LogP contribution < -0.4 is 5.32 Å². The van der Waals surface area contributed by atoms with Crippen molar-refractivity contribution in [3.05, 3.63) is 56.5 Å². The SMILES string of the molecule is CNC(C)c1ccc(Sc2ccc(Cl)c(Cl)c2)c(Br)c1. The van der Waals surface area contributed by atoms with Gasteiger partial charge in [0.05, 0.1) is 10.0 Å². The zero-order chi connectivity index (χ0) is 14.7. The highest BCUT2D eigenvalue weighted by Gasteiger charge is 2.08. The Kier molecular flexibility index (Phi) is 5.82. The van der Waals surface area contributed by atoms with Crippen LogP contribution in [0.3, 0.4) is 0 Å². The molecule has 0 saturated heterocycles. The van der Waals surface area contributed by atoms with Crippen LogP contribution in [0.2, 0.25) is 10.0 Å². The molecule has 0 bridgehead atoms. The van der Waals surface area contributed by atoms with Crippen LogP contribution in [-0.2, 0) is 0 Å². The van der Waals surface area contributed by atoms with E-state index in [2.05, 4.69) is 46.4 Å². The van der Waals surface area contributed by atoms with E-state index in [0.717, 1.165) is 14.3 Å². The smallest absolute Gasteiger partial charge is 0.0603 e. The Hall–Kier alpha value is -0.190. The normalized spacial score (nSPS) is 12.4. The average Bonchev–Trinajstić information content (AvgIpc) is 2.44. The monoisotopic (exact) mass is 389 g/mol. The van der Waals surface area contributed by atoms with E-state index in [9.17, 15) is 0 Å². The van der Waals surface area contributed by atoms with Gasteiger partial charge in [-0.2, -0.15) is 0 Å². The van der Waals surface area contributed by atoms with Crippen LogP contribution in [0.1, 0.15) is 18.5 Å². The van der Waals surface area contributed by atoms with Gasteiger partial charge in [-0.25, -0.2) is 0 Å². The molecule has 1 N–H and O–H groups in total. The standard InChI is InChI=1S/C15H14BrCl2NS/c1-9(19-2)10-3-6-15(12(16)7-10)20-11-4-5-13(17)14(18)8-11/h3-9,19H,1-2H3. The van der Waals surface area contributed by atoms with Crippen molar-refractivity contribution in [2.24, 2.45) is 0 Å². The van der Waals surface area contributed by atoms with Crippen molar-refractivity contribution in [1.82, 2.24) is 5.32 Å². The van der Waals surface area contributed by atoms with E-state index in [-0.39, 0.29) is 0 Å². The second-order valence-electron chi connectivity index (χ2n) is 4.38. The predicted octanol–water partition coefficient (Wildman–Crippen LogP) is 6.19. The fraction of sp³-hybridized carbons (Fsp3) is 0.200. The van der Waals surface area contributed by atoms with Crippen LogP contribution >= 0.6 is 50.9 Å². The van der Waals surface area contributed by atoms with Crippen molar-refractivity contribution >= 4 is 50.9 Å². The minimum absolute atomic E-state index is 0.329. The summed E-state index contributed by atoms with van der Waals surface area (Å²) in [5.74, 6) is 0. The van der Waals surface area contributed by atoms with Gasteiger partial charge < -0.3 is 5.32 Å². The van der Waals surface area contributed by atoms with Gasteiger partial charge in [-0.15, -0.1) is 0 Å². The molecule has 0 aromatic heterocycles. The van der Waals surface area contributed by atoms with Gasteiger partial charge in [0.15, 0.2) is 0 Å². The maximum absolute atomic E-state index is 6.04. The predicted molar refractivity (Wildman–Crippen MR) is 92.2 cm³/mol. The van der Waals surface area contributed by atoms with Gasteiger partial charge in [0, 0.05) is 20.3 Å². The summed E-state index contributed by atoms with van der Waals surface area (Å²) < 4.78 is 1.08. The number of halogens is 3. The number of rotatable bonds is 4. The quantitative estimate of drug-likeness (QED) is 0.667. The van der Waals surface area contributed by atoms with E-state index in [1.807, 2.05) is 25.2 Å². The Morgan fingerprint density at radius 2 is 1.85 bits per heavy atom. The van der Waals surface area contributed by atoms with Crippen LogP contribution in [0.25, 0.3) is 0 Å². The third-order valence-corrected chi connectivity index (χ3v) is 5.73. The zero-order valence-electron chi connectivity index (χ0n) is 11.1. The van der Waals surface area contributed by atoms with E-state index in [1.165, 1.54) is 5.56 Å². The first-order chi connectivity index (χ1) is 9.51. The molecule has 0 radical (unpaired) electrons. The topological polar surface area (TPSA) is 12.0 Å². The van der Waals surface area contributed by atoms with Crippen molar-refractivity contribution in [3.63, 3.8) is 0 Å². The second kappa shape index (κ2) is 7.19. The molecule has 1 nitrogen and oxygen atoms in total. The Morgan fingerprint density at radius 3 is 2.45 bits per heavy atom. The van der Waals surface area contributed by atoms with Crippen LogP contribution in [-0.4, -0.2) is 7.05 Å². The van der Waals surface area contributed by atoms with E-state index >= 15 is 0 Å². The van der Waals surface area contributed by atoms with Gasteiger partial charge in [-0.05, 0) is 65.8 Å². The minimum Gasteiger partial charge on any atom is -0.313 e. The molecule has 0 fully saturated rings. The summed E-state index contributed by atoms with van der Waals surface area (Å²) in [6, 6.07) is 12.4. The molecule has 0 spiro atoms. The van der Waals surface area contributed by atoms with Crippen molar-refractivity contribution in [2.45, 2.75) is 22.8 Å². The molecule has 0 saturated carbocycles. The molecule has 0 heterocycles. The summed E-state index contributed by atoms with van der Waals surface area (Å²) in [6.45, 7) is 2.13. The molecule has 0 aliphatic heterocycles. The highest BCUT2D eigenvalue weighted by Crippen LogP contribution is 2.37. The van der Waals surface area contributed by atoms with Crippen molar-refractivity contribution in [3.8, 4) is 0 Å². The maximum Gasteiger partial charge on any atom is 0.0603 e. The zero-order valence-corrected chi connectivity index (χ0v) is 15.0. The van der Waals surface area contributed by atoms with Gasteiger partial charge in [-0.1, -0.05) is 41.0 Å². The Morgan fingerprint density at radius 1 is 1.10 bits per heavy atom. The van der Waals surface area contributed by atoms with Crippen molar-refractivity contribution in [2.75, 3.05) is 7.05 Å². The second-order valence-corrected chi connectivity index (χ2v) is 7.16. The van der Waals surface area contributed by atoms with Gasteiger partial charge in [0.25, 0.3) is 0 Å². The lowest BCUT2D eigenvalue weighted by atomic mass is 10.1. The molecule has 5 heteroatoms. The molecule has 20 heavy (non-hydrogen) atoms. The molecular formula is C15H14BrCl2NS. The Labute approximate surface area is 142 Å². The lowest BCUT2D eigenvalue weighted by Gasteiger charge is -2.13. The van der Waals surface area contributed by atoms with Gasteiger partial charge >= 0.3 is 0 Å². The van der Waals surface area contributed by atoms with E-state index in [0.29, 0.717) is 16.1 Å². The largest absolute Gasteiger partial charge is 0.313 e. The van der Waals surface area contributed by atoms with Gasteiger partial charge in [0.1, 0.15) is 0 Å². The van der Waals surface area contributed by atoms with Gasteiger partial charge in [0.2, 0.25) is 0 Å². The maximum atomic E-state index is 6.04. The van der Waals surface area contributed by atoms with Crippen LogP contribution in [0, 0.1) is 0 Å². The fourth-order valence-electron chi connectivity index (χ4n) is 1.70. The molecule has 0 aliphatic carbocycles. The number of hydrogen-bond acceptors (Lipinski definition) is 2. The number of hydrogen-bond donors (Lipinski definition) is 1. The van der Waals surface area contributed by atoms with E-state index < -0.39 is 0 Å². The Bertz CT molecular complexity index is 619. The Balaban J connectivity index is 2.23. The summed E-state index contributed by atoms with van der Waals surface area (Å²) in [5, 5.41) is 4.39. The molecule has 1 atom stereocenters. The molecule has 2 aromatic carbocycles. The number of nitrogens with one attached hydrogen (secondary N) is 1. The van der Waals surface area contributed by atoms with Crippen molar-refractivity contribution < 1.29 is 0 Å². The summed E-state index contributed by atoms with van der Waals surface area (Å²) in [4.78, 5) is 2.21. The van der Waals surface area contributed by atoms with Crippen LogP contribution in [0.5, 0.6) is 0 Å². The van der Waals surface area contributed by atoms with Crippen LogP contribution in [0.4, 0.5) is 0 Å². The first-order valence-electron chi connectivity index (χ1n) is 6.11. The summed E-state index contributed by atoms with van der Waals surface area (Å²) in [7, 11) is 1.96. The molecule has 1 unspecified atom stereocenters. The van der Waals surface area contributed by atoms with Crippen LogP contribution in [0.15, 0.2) is 50.7 Å². The molecule has 2 rings (SSSR count). The molecule has 0 aliphatic rings. The third kappa shape index (κ3) is 3.92. The molecule has 0 amide bonds. The average molecular weight is 391 g/mol. The number of benzene rings is 2. The summed E-state index contributed by atoms with van der Waals surface area (Å²) >= 11 is 17.3. The highest BCUT2D eigenvalue weighted by atomic mass is 79.9. The fourth-order valence-corrected chi connectivity index (χ4v) is 3.56. The molecule has 106 valence electrons. The third-order valence-electron chi connectivity index (χ3n) is 3.01. The molecule has 2 aromatic rings. The summed E-state index contributed by atoms with van der Waals surface area (Å²) in [5.41, 5.74) is 1.25. The first kappa shape index (κ1) is 16.2. The van der Waals surface area contributed by atoms with Gasteiger partial charge in [-0.3, -0.25) is 0 Å². The van der Waals surface area contributed by atoms with E-state index in [1.54, 1.807) is 11.8 Å². The highest BCUT2D eigenvalue weighted by molar-refractivity contribution is 9.10. The lowest BCUT2D eigenvalue weighted by molar-refractivity contribution is 0.651. The van der Waals surface area contributed by atoms with E-state index in [4.69, 9.17) is 23.2 Å². The van der Waals surface area contributed by atoms with Crippen molar-refractivity contribution in [1.29, 1.82) is 0 Å². The lowest BCUT2D eigenvalue weighted by Crippen LogP contribution is -2.12. The molecular weight excluding hydrogens is 377 g/mol. The minimum atomic E-state index is 0.329. The first-order valence-corrected chi connectivity index (χ1v) is 8.47.